The van der Waals surface area contributed by atoms with Gasteiger partial charge in [0, 0.05) is 17.4 Å². The molecule has 1 heterocycles. The molecular weight excluding hydrogens is 417 g/mol. The van der Waals surface area contributed by atoms with Crippen LogP contribution in [0.4, 0.5) is 0 Å². The van der Waals surface area contributed by atoms with E-state index in [1.54, 1.807) is 42.5 Å². The van der Waals surface area contributed by atoms with E-state index in [2.05, 4.69) is 4.90 Å². The Bertz CT molecular complexity index is 993. The number of likely N-dealkylation sites (tertiary alicyclic amines) is 1. The van der Waals surface area contributed by atoms with Gasteiger partial charge in [0.15, 0.2) is 0 Å². The van der Waals surface area contributed by atoms with Crippen molar-refractivity contribution in [2.24, 2.45) is 0 Å². The Morgan fingerprint density at radius 3 is 2.29 bits per heavy atom. The van der Waals surface area contributed by atoms with Gasteiger partial charge in [0.2, 0.25) is 0 Å². The first-order valence-corrected chi connectivity index (χ1v) is 10.3. The van der Waals surface area contributed by atoms with E-state index in [9.17, 15) is 15.2 Å². The Balaban J connectivity index is 0.00000272. The van der Waals surface area contributed by atoms with Crippen molar-refractivity contribution in [1.82, 2.24) is 4.90 Å². The third-order valence-corrected chi connectivity index (χ3v) is 5.43. The molecule has 8 heteroatoms. The Morgan fingerprint density at radius 1 is 0.871 bits per heavy atom. The zero-order valence-electron chi connectivity index (χ0n) is 17.2. The van der Waals surface area contributed by atoms with Crippen molar-refractivity contribution in [1.29, 1.82) is 0 Å². The maximum absolute atomic E-state index is 9.75. The number of phenols is 1. The summed E-state index contributed by atoms with van der Waals surface area (Å²) in [5.74, 6) is 1.81. The van der Waals surface area contributed by atoms with Crippen molar-refractivity contribution in [3.63, 3.8) is 0 Å². The molecule has 0 saturated carbocycles. The monoisotopic (exact) mass is 443 g/mol. The molecule has 0 aliphatic carbocycles. The molecule has 0 radical (unpaired) electrons. The van der Waals surface area contributed by atoms with Crippen LogP contribution in [0.5, 0.6) is 23.0 Å². The minimum atomic E-state index is -1.67. The minimum absolute atomic E-state index is 0. The van der Waals surface area contributed by atoms with Crippen molar-refractivity contribution in [3.05, 3.63) is 54.6 Å². The molecular formula is C23H27BClNO5. The van der Waals surface area contributed by atoms with Crippen LogP contribution in [0.3, 0.4) is 0 Å². The van der Waals surface area contributed by atoms with Gasteiger partial charge in [-0.1, -0.05) is 18.6 Å². The molecule has 164 valence electrons. The molecule has 0 aromatic heterocycles. The molecule has 6 nitrogen and oxygen atoms in total. The Hall–Kier alpha value is -2.45. The van der Waals surface area contributed by atoms with Crippen molar-refractivity contribution in [2.75, 3.05) is 26.2 Å². The fourth-order valence-electron chi connectivity index (χ4n) is 3.82. The number of benzene rings is 3. The topological polar surface area (TPSA) is 82.4 Å². The fraction of sp³-hybridized carbons (Fsp3) is 0.304. The highest BCUT2D eigenvalue weighted by molar-refractivity contribution is 6.60. The number of halogens is 1. The van der Waals surface area contributed by atoms with Gasteiger partial charge in [-0.25, -0.2) is 0 Å². The second kappa shape index (κ2) is 10.7. The van der Waals surface area contributed by atoms with Gasteiger partial charge in [0.05, 0.1) is 0 Å². The number of aromatic hydroxyl groups is 1. The predicted octanol–water partition coefficient (Wildman–Crippen LogP) is 3.30. The standard InChI is InChI=1S/C23H26BNO5.ClH/c26-18-5-10-21-17(16-18)4-11-22(24(27)28)23(21)30-20-8-6-19(7-9-20)29-15-14-25-12-2-1-3-13-25;/h4-11,16,26-28H,1-3,12-15H2;1H. The van der Waals surface area contributed by atoms with E-state index in [0.29, 0.717) is 23.5 Å². The molecule has 3 aromatic carbocycles. The SMILES string of the molecule is Cl.OB(O)c1ccc2cc(O)ccc2c1Oc1ccc(OCCN2CCCCC2)cc1. The number of phenolic OH excluding ortho intramolecular Hbond substituents is 1. The molecule has 0 atom stereocenters. The molecule has 3 N–H and O–H groups in total. The lowest BCUT2D eigenvalue weighted by Gasteiger charge is -2.26. The number of hydrogen-bond donors (Lipinski definition) is 3. The molecule has 31 heavy (non-hydrogen) atoms. The van der Waals surface area contributed by atoms with Crippen molar-refractivity contribution < 1.29 is 24.6 Å². The maximum Gasteiger partial charge on any atom is 0.492 e. The van der Waals surface area contributed by atoms with Crippen LogP contribution < -0.4 is 14.9 Å². The summed E-state index contributed by atoms with van der Waals surface area (Å²) in [5, 5.41) is 30.6. The molecule has 3 aromatic rings. The van der Waals surface area contributed by atoms with Gasteiger partial charge in [-0.2, -0.15) is 0 Å². The average Bonchev–Trinajstić information content (AvgIpc) is 2.75. The van der Waals surface area contributed by atoms with Crippen LogP contribution >= 0.6 is 12.4 Å². The molecule has 1 fully saturated rings. The Kier molecular flexibility index (Phi) is 8.04. The molecule has 4 rings (SSSR count). The van der Waals surface area contributed by atoms with Crippen LogP contribution in [0, 0.1) is 0 Å². The van der Waals surface area contributed by atoms with Gasteiger partial charge in [0.25, 0.3) is 0 Å². The smallest absolute Gasteiger partial charge is 0.492 e. The fourth-order valence-corrected chi connectivity index (χ4v) is 3.82. The first-order chi connectivity index (χ1) is 14.6. The zero-order chi connectivity index (χ0) is 20.9. The number of hydrogen-bond acceptors (Lipinski definition) is 6. The van der Waals surface area contributed by atoms with Crippen molar-refractivity contribution >= 4 is 35.8 Å². The quantitative estimate of drug-likeness (QED) is 0.486. The summed E-state index contributed by atoms with van der Waals surface area (Å²) in [5.41, 5.74) is 0.259. The maximum atomic E-state index is 9.75. The average molecular weight is 444 g/mol. The predicted molar refractivity (Wildman–Crippen MR) is 125 cm³/mol. The normalized spacial score (nSPS) is 14.1. The molecule has 0 spiro atoms. The van der Waals surface area contributed by atoms with Gasteiger partial charge in [-0.05, 0) is 73.8 Å². The third kappa shape index (κ3) is 5.83. The molecule has 1 aliphatic rings. The van der Waals surface area contributed by atoms with E-state index in [1.165, 1.54) is 19.3 Å². The number of nitrogens with zero attached hydrogens (tertiary/aromatic N) is 1. The number of ether oxygens (including phenoxy) is 2. The molecule has 1 aliphatic heterocycles. The summed E-state index contributed by atoms with van der Waals surface area (Å²) in [7, 11) is -1.67. The molecule has 0 unspecified atom stereocenters. The number of rotatable bonds is 7. The first-order valence-electron chi connectivity index (χ1n) is 10.3. The first kappa shape index (κ1) is 23.2. The largest absolute Gasteiger partial charge is 0.508 e. The second-order valence-electron chi connectivity index (χ2n) is 7.59. The van der Waals surface area contributed by atoms with Crippen LogP contribution in [0.25, 0.3) is 10.8 Å². The van der Waals surface area contributed by atoms with Crippen LogP contribution in [0.15, 0.2) is 54.6 Å². The van der Waals surface area contributed by atoms with E-state index in [0.717, 1.165) is 30.8 Å². The highest BCUT2D eigenvalue weighted by Crippen LogP contribution is 2.31. The summed E-state index contributed by atoms with van der Waals surface area (Å²) in [6.07, 6.45) is 3.86. The van der Waals surface area contributed by atoms with E-state index >= 15 is 0 Å². The molecule has 0 amide bonds. The summed E-state index contributed by atoms with van der Waals surface area (Å²) < 4.78 is 11.9. The lowest BCUT2D eigenvalue weighted by Crippen LogP contribution is -2.33. The third-order valence-electron chi connectivity index (χ3n) is 5.43. The van der Waals surface area contributed by atoms with Crippen molar-refractivity contribution in [3.8, 4) is 23.0 Å². The second-order valence-corrected chi connectivity index (χ2v) is 7.59. The number of fused-ring (bicyclic) bond motifs is 1. The summed E-state index contributed by atoms with van der Waals surface area (Å²) in [6, 6.07) is 15.4. The highest BCUT2D eigenvalue weighted by Gasteiger charge is 2.20. The Morgan fingerprint density at radius 2 is 1.58 bits per heavy atom. The molecule has 0 bridgehead atoms. The van der Waals surface area contributed by atoms with Crippen molar-refractivity contribution in [2.45, 2.75) is 19.3 Å². The zero-order valence-corrected chi connectivity index (χ0v) is 18.1. The van der Waals surface area contributed by atoms with Gasteiger partial charge in [-0.15, -0.1) is 12.4 Å². The van der Waals surface area contributed by atoms with Crippen LogP contribution in [-0.4, -0.2) is 53.4 Å². The number of piperidine rings is 1. The van der Waals surface area contributed by atoms with Gasteiger partial charge in [0.1, 0.15) is 29.6 Å². The van der Waals surface area contributed by atoms with Crippen LogP contribution in [0.2, 0.25) is 0 Å². The lowest BCUT2D eigenvalue weighted by atomic mass is 9.78. The summed E-state index contributed by atoms with van der Waals surface area (Å²) in [4.78, 5) is 2.43. The highest BCUT2D eigenvalue weighted by atomic mass is 35.5. The minimum Gasteiger partial charge on any atom is -0.508 e. The Labute approximate surface area is 188 Å². The van der Waals surface area contributed by atoms with Gasteiger partial charge in [-0.3, -0.25) is 4.90 Å². The molecule has 1 saturated heterocycles. The van der Waals surface area contributed by atoms with Crippen LogP contribution in [-0.2, 0) is 0 Å². The lowest BCUT2D eigenvalue weighted by molar-refractivity contribution is 0.183. The van der Waals surface area contributed by atoms with E-state index in [-0.39, 0.29) is 23.6 Å². The van der Waals surface area contributed by atoms with E-state index in [4.69, 9.17) is 9.47 Å². The summed E-state index contributed by atoms with van der Waals surface area (Å²) in [6.45, 7) is 3.88. The summed E-state index contributed by atoms with van der Waals surface area (Å²) >= 11 is 0. The van der Waals surface area contributed by atoms with E-state index in [1.807, 2.05) is 12.1 Å². The van der Waals surface area contributed by atoms with Crippen LogP contribution in [0.1, 0.15) is 19.3 Å². The van der Waals surface area contributed by atoms with Gasteiger partial charge < -0.3 is 24.6 Å². The van der Waals surface area contributed by atoms with E-state index < -0.39 is 7.12 Å². The van der Waals surface area contributed by atoms with Gasteiger partial charge >= 0.3 is 7.12 Å².